The Morgan fingerprint density at radius 1 is 0.833 bits per heavy atom. The summed E-state index contributed by atoms with van der Waals surface area (Å²) in [6.07, 6.45) is 1.77. The molecule has 0 spiro atoms. The van der Waals surface area contributed by atoms with Crippen LogP contribution in [0.4, 0.5) is 0 Å². The molecule has 0 saturated carbocycles. The fraction of sp³-hybridized carbons (Fsp3) is 0.800. The average Bonchev–Trinajstić information content (AvgIpc) is 2.40. The van der Waals surface area contributed by atoms with Crippen molar-refractivity contribution in [3.8, 4) is 0 Å². The van der Waals surface area contributed by atoms with Crippen molar-refractivity contribution in [2.45, 2.75) is 54.4 Å². The lowest BCUT2D eigenvalue weighted by molar-refractivity contribution is -0.122. The van der Waals surface area contributed by atoms with E-state index in [-0.39, 0.29) is 29.5 Å². The monoisotopic (exact) mass is 252 g/mol. The van der Waals surface area contributed by atoms with E-state index in [2.05, 4.69) is 0 Å². The smallest absolute Gasteiger partial charge is 0.149 e. The summed E-state index contributed by atoms with van der Waals surface area (Å²) in [4.78, 5) is 12.3. The predicted molar refractivity (Wildman–Crippen MR) is 77.7 cm³/mol. The fourth-order valence-electron chi connectivity index (χ4n) is 1.97. The number of hydrogen-bond acceptors (Lipinski definition) is 3. The van der Waals surface area contributed by atoms with Crippen LogP contribution < -0.4 is 0 Å². The van der Waals surface area contributed by atoms with E-state index in [4.69, 9.17) is 10.8 Å². The molecule has 0 heterocycles. The first-order valence-electron chi connectivity index (χ1n) is 6.98. The Kier molecular flexibility index (Phi) is 7.04. The number of Topliss-reactive ketones (excluding diaryl/α,β-unsaturated/α-hetero) is 1. The lowest BCUT2D eigenvalue weighted by Crippen LogP contribution is -2.34. The van der Waals surface area contributed by atoms with Gasteiger partial charge in [0.1, 0.15) is 5.78 Å². The zero-order valence-electron chi connectivity index (χ0n) is 12.6. The van der Waals surface area contributed by atoms with E-state index in [1.54, 1.807) is 13.8 Å². The third-order valence-corrected chi connectivity index (χ3v) is 4.07. The van der Waals surface area contributed by atoms with Crippen molar-refractivity contribution >= 4 is 17.2 Å². The van der Waals surface area contributed by atoms with Crippen molar-refractivity contribution in [2.24, 2.45) is 23.7 Å². The molecule has 3 heteroatoms. The molecule has 3 nitrogen and oxygen atoms in total. The van der Waals surface area contributed by atoms with E-state index in [9.17, 15) is 4.79 Å². The Labute approximate surface area is 111 Å². The third-order valence-electron chi connectivity index (χ3n) is 4.07. The van der Waals surface area contributed by atoms with Gasteiger partial charge in [-0.3, -0.25) is 4.79 Å². The van der Waals surface area contributed by atoms with Crippen molar-refractivity contribution in [1.29, 1.82) is 10.8 Å². The number of rotatable bonds is 8. The van der Waals surface area contributed by atoms with Gasteiger partial charge in [-0.1, -0.05) is 41.5 Å². The van der Waals surface area contributed by atoms with Crippen molar-refractivity contribution in [2.75, 3.05) is 0 Å². The number of carbonyl (C=O) groups is 1. The van der Waals surface area contributed by atoms with Gasteiger partial charge in [-0.25, -0.2) is 0 Å². The van der Waals surface area contributed by atoms with Crippen molar-refractivity contribution in [1.82, 2.24) is 0 Å². The molecule has 2 N–H and O–H groups in total. The number of hydrogen-bond donors (Lipinski definition) is 2. The Balaban J connectivity index is 4.74. The predicted octanol–water partition coefficient (Wildman–Crippen LogP) is 3.96. The highest BCUT2D eigenvalue weighted by atomic mass is 16.1. The van der Waals surface area contributed by atoms with Crippen LogP contribution >= 0.6 is 0 Å². The van der Waals surface area contributed by atoms with Crippen LogP contribution in [0, 0.1) is 34.5 Å². The van der Waals surface area contributed by atoms with Crippen LogP contribution in [-0.2, 0) is 4.79 Å². The van der Waals surface area contributed by atoms with E-state index in [1.165, 1.54) is 0 Å². The molecule has 0 radical (unpaired) electrons. The van der Waals surface area contributed by atoms with E-state index in [1.807, 2.05) is 27.7 Å². The molecular weight excluding hydrogens is 224 g/mol. The minimum atomic E-state index is -0.362. The van der Waals surface area contributed by atoms with E-state index < -0.39 is 0 Å². The van der Waals surface area contributed by atoms with Crippen LogP contribution in [0.3, 0.4) is 0 Å². The second kappa shape index (κ2) is 7.45. The summed E-state index contributed by atoms with van der Waals surface area (Å²) in [5, 5.41) is 16.1. The Morgan fingerprint density at radius 3 is 1.33 bits per heavy atom. The standard InChI is InChI=1S/C15H28N2O/c1-7-9(3)13(16)11(5)15(18)12(6)14(17)10(4)8-2/h9-12,16-17H,7-8H2,1-6H3/t9-,10-,11?,12?/m1/s1. The summed E-state index contributed by atoms with van der Waals surface area (Å²) in [5.74, 6) is -0.410. The third kappa shape index (κ3) is 4.04. The van der Waals surface area contributed by atoms with E-state index in [0.29, 0.717) is 11.4 Å². The molecule has 0 aliphatic rings. The molecule has 0 saturated heterocycles. The highest BCUT2D eigenvalue weighted by Crippen LogP contribution is 2.19. The zero-order valence-corrected chi connectivity index (χ0v) is 12.6. The van der Waals surface area contributed by atoms with Gasteiger partial charge >= 0.3 is 0 Å². The zero-order chi connectivity index (χ0) is 14.5. The van der Waals surface area contributed by atoms with Gasteiger partial charge in [0.2, 0.25) is 0 Å². The highest BCUT2D eigenvalue weighted by Gasteiger charge is 2.29. The molecule has 18 heavy (non-hydrogen) atoms. The largest absolute Gasteiger partial charge is 0.309 e. The average molecular weight is 252 g/mol. The van der Waals surface area contributed by atoms with E-state index >= 15 is 0 Å². The SMILES string of the molecule is CC[C@@H](C)C(=N)C(C)C(=O)C(C)C(=N)[C@H](C)CC. The van der Waals surface area contributed by atoms with Gasteiger partial charge < -0.3 is 10.8 Å². The fourth-order valence-corrected chi connectivity index (χ4v) is 1.97. The second-order valence-corrected chi connectivity index (χ2v) is 5.38. The molecule has 0 aromatic rings. The highest BCUT2D eigenvalue weighted by molar-refractivity contribution is 6.13. The van der Waals surface area contributed by atoms with Gasteiger partial charge in [0, 0.05) is 11.4 Å². The Morgan fingerprint density at radius 2 is 1.11 bits per heavy atom. The molecule has 0 aliphatic carbocycles. The molecule has 0 bridgehead atoms. The maximum absolute atomic E-state index is 12.3. The molecule has 0 aromatic carbocycles. The summed E-state index contributed by atoms with van der Waals surface area (Å²) in [5.41, 5.74) is 1.01. The molecule has 4 atom stereocenters. The maximum atomic E-state index is 12.3. The Bertz CT molecular complexity index is 292. The normalized spacial score (nSPS) is 17.7. The van der Waals surface area contributed by atoms with Crippen molar-refractivity contribution in [3.63, 3.8) is 0 Å². The molecule has 0 amide bonds. The summed E-state index contributed by atoms with van der Waals surface area (Å²) >= 11 is 0. The van der Waals surface area contributed by atoms with Gasteiger partial charge in [0.05, 0.1) is 11.8 Å². The molecule has 0 aromatic heterocycles. The molecular formula is C15H28N2O. The van der Waals surface area contributed by atoms with Gasteiger partial charge in [-0.05, 0) is 24.7 Å². The van der Waals surface area contributed by atoms with Crippen molar-refractivity contribution in [3.05, 3.63) is 0 Å². The molecule has 2 unspecified atom stereocenters. The van der Waals surface area contributed by atoms with Crippen LogP contribution in [0.25, 0.3) is 0 Å². The summed E-state index contributed by atoms with van der Waals surface area (Å²) in [6, 6.07) is 0. The molecule has 0 fully saturated rings. The first kappa shape index (κ1) is 17.0. The topological polar surface area (TPSA) is 64.8 Å². The number of carbonyl (C=O) groups excluding carboxylic acids is 1. The lowest BCUT2D eigenvalue weighted by Gasteiger charge is -2.23. The molecule has 104 valence electrons. The lowest BCUT2D eigenvalue weighted by atomic mass is 9.81. The van der Waals surface area contributed by atoms with Crippen LogP contribution in [0.5, 0.6) is 0 Å². The van der Waals surface area contributed by atoms with Crippen LogP contribution in [0.1, 0.15) is 54.4 Å². The van der Waals surface area contributed by atoms with Gasteiger partial charge in [0.15, 0.2) is 0 Å². The van der Waals surface area contributed by atoms with Gasteiger partial charge in [-0.2, -0.15) is 0 Å². The second-order valence-electron chi connectivity index (χ2n) is 5.38. The van der Waals surface area contributed by atoms with Crippen LogP contribution in [0.15, 0.2) is 0 Å². The summed E-state index contributed by atoms with van der Waals surface area (Å²) < 4.78 is 0. The molecule has 0 rings (SSSR count). The summed E-state index contributed by atoms with van der Waals surface area (Å²) in [6.45, 7) is 11.6. The minimum Gasteiger partial charge on any atom is -0.309 e. The van der Waals surface area contributed by atoms with Gasteiger partial charge in [-0.15, -0.1) is 0 Å². The summed E-state index contributed by atoms with van der Waals surface area (Å²) in [7, 11) is 0. The minimum absolute atomic E-state index is 0.0191. The number of ketones is 1. The first-order chi connectivity index (χ1) is 8.27. The first-order valence-corrected chi connectivity index (χ1v) is 6.98. The van der Waals surface area contributed by atoms with Crippen molar-refractivity contribution < 1.29 is 4.79 Å². The van der Waals surface area contributed by atoms with Crippen LogP contribution in [-0.4, -0.2) is 17.2 Å². The maximum Gasteiger partial charge on any atom is 0.149 e. The van der Waals surface area contributed by atoms with Crippen LogP contribution in [0.2, 0.25) is 0 Å². The Hall–Kier alpha value is -0.990. The van der Waals surface area contributed by atoms with Gasteiger partial charge in [0.25, 0.3) is 0 Å². The van der Waals surface area contributed by atoms with E-state index in [0.717, 1.165) is 12.8 Å². The quantitative estimate of drug-likeness (QED) is 0.631. The molecule has 0 aliphatic heterocycles. The number of nitrogens with one attached hydrogen (secondary N) is 2.